The van der Waals surface area contributed by atoms with Crippen LogP contribution in [0.5, 0.6) is 0 Å². The highest BCUT2D eigenvalue weighted by atomic mass is 32.2. The molecule has 0 aromatic heterocycles. The Hall–Kier alpha value is -1.00. The molecule has 8 nitrogen and oxygen atoms in total. The molecule has 0 aliphatic heterocycles. The van der Waals surface area contributed by atoms with Gasteiger partial charge in [0, 0.05) is 19.4 Å². The molecule has 0 aliphatic carbocycles. The minimum Gasteiger partial charge on any atom is -0.748 e. The average molecular weight is 521 g/mol. The van der Waals surface area contributed by atoms with E-state index in [1.54, 1.807) is 0 Å². The lowest BCUT2D eigenvalue weighted by Gasteiger charge is -2.32. The highest BCUT2D eigenvalue weighted by molar-refractivity contribution is 7.85. The molecule has 0 radical (unpaired) electrons. The monoisotopic (exact) mass is 520 g/mol. The molecule has 0 aromatic rings. The van der Waals surface area contributed by atoms with E-state index in [9.17, 15) is 28.0 Å². The van der Waals surface area contributed by atoms with E-state index < -0.39 is 22.0 Å². The second-order valence-corrected chi connectivity index (χ2v) is 11.9. The van der Waals surface area contributed by atoms with Crippen molar-refractivity contribution in [1.82, 2.24) is 5.32 Å². The van der Waals surface area contributed by atoms with Gasteiger partial charge in [-0.3, -0.25) is 4.79 Å². The van der Waals surface area contributed by atoms with Gasteiger partial charge in [-0.1, -0.05) is 64.0 Å². The maximum atomic E-state index is 12.0. The summed E-state index contributed by atoms with van der Waals surface area (Å²) < 4.78 is 32.6. The Labute approximate surface area is 214 Å². The molecule has 0 spiro atoms. The molecule has 0 saturated carbocycles. The van der Waals surface area contributed by atoms with Crippen molar-refractivity contribution in [2.45, 2.75) is 109 Å². The quantitative estimate of drug-likeness (QED) is 0.0819. The molecule has 0 rings (SSSR count). The molecule has 0 aliphatic rings. The lowest BCUT2D eigenvalue weighted by atomic mass is 10.1. The summed E-state index contributed by atoms with van der Waals surface area (Å²) >= 11 is 0. The van der Waals surface area contributed by atoms with E-state index in [1.165, 1.54) is 19.3 Å². The Morgan fingerprint density at radius 1 is 0.943 bits per heavy atom. The van der Waals surface area contributed by atoms with Crippen molar-refractivity contribution in [2.75, 3.05) is 39.5 Å². The zero-order valence-corrected chi connectivity index (χ0v) is 23.2. The van der Waals surface area contributed by atoms with Crippen LogP contribution in [0.15, 0.2) is 12.2 Å². The van der Waals surface area contributed by atoms with Crippen LogP contribution in [0.25, 0.3) is 0 Å². The number of hydrogen-bond donors (Lipinski definition) is 3. The minimum atomic E-state index is -4.44. The van der Waals surface area contributed by atoms with Gasteiger partial charge in [0.15, 0.2) is 0 Å². The maximum Gasteiger partial charge on any atom is 0.219 e. The predicted molar refractivity (Wildman–Crippen MR) is 141 cm³/mol. The van der Waals surface area contributed by atoms with Gasteiger partial charge in [-0.25, -0.2) is 8.42 Å². The molecule has 9 heteroatoms. The number of aliphatic hydroxyl groups is 2. The molecule has 0 bridgehead atoms. The van der Waals surface area contributed by atoms with Crippen LogP contribution in [-0.4, -0.2) is 85.3 Å². The number of quaternary nitrogens is 1. The Kier molecular flexibility index (Phi) is 19.5. The highest BCUT2D eigenvalue weighted by Crippen LogP contribution is 2.10. The first kappa shape index (κ1) is 34.0. The predicted octanol–water partition coefficient (Wildman–Crippen LogP) is 3.48. The van der Waals surface area contributed by atoms with Crippen LogP contribution in [0, 0.1) is 0 Å². The summed E-state index contributed by atoms with van der Waals surface area (Å²) in [5.74, 6) is -0.727. The molecule has 35 heavy (non-hydrogen) atoms. The summed E-state index contributed by atoms with van der Waals surface area (Å²) in [5, 5.41) is 22.6. The summed E-state index contributed by atoms with van der Waals surface area (Å²) in [7, 11) is -0.722. The lowest BCUT2D eigenvalue weighted by molar-refractivity contribution is -0.893. The smallest absolute Gasteiger partial charge is 0.219 e. The Morgan fingerprint density at radius 3 is 2.29 bits per heavy atom. The number of carbonyl (C=O) groups is 1. The first-order valence-electron chi connectivity index (χ1n) is 13.5. The zero-order valence-electron chi connectivity index (χ0n) is 22.4. The molecule has 0 saturated heterocycles. The van der Waals surface area contributed by atoms with Crippen LogP contribution in [0.4, 0.5) is 0 Å². The lowest BCUT2D eigenvalue weighted by Crippen LogP contribution is -2.48. The molecular weight excluding hydrogens is 468 g/mol. The number of carbonyl (C=O) groups excluding carboxylic acids is 1. The van der Waals surface area contributed by atoms with Crippen molar-refractivity contribution in [3.05, 3.63) is 12.2 Å². The van der Waals surface area contributed by atoms with Crippen molar-refractivity contribution in [1.29, 1.82) is 0 Å². The number of nitrogens with one attached hydrogen (secondary N) is 1. The van der Waals surface area contributed by atoms with Crippen molar-refractivity contribution >= 4 is 16.0 Å². The number of rotatable bonds is 23. The van der Waals surface area contributed by atoms with Gasteiger partial charge in [0.1, 0.15) is 12.6 Å². The topological polar surface area (TPSA) is 127 Å². The van der Waals surface area contributed by atoms with Crippen molar-refractivity contribution in [3.63, 3.8) is 0 Å². The third kappa shape index (κ3) is 24.5. The van der Waals surface area contributed by atoms with Crippen molar-refractivity contribution < 1.29 is 32.5 Å². The highest BCUT2D eigenvalue weighted by Gasteiger charge is 2.21. The van der Waals surface area contributed by atoms with Crippen LogP contribution in [0.3, 0.4) is 0 Å². The van der Waals surface area contributed by atoms with E-state index in [4.69, 9.17) is 0 Å². The van der Waals surface area contributed by atoms with Crippen LogP contribution in [0.2, 0.25) is 0 Å². The third-order valence-corrected chi connectivity index (χ3v) is 6.90. The average Bonchev–Trinajstić information content (AvgIpc) is 2.73. The fourth-order valence-electron chi connectivity index (χ4n) is 4.15. The first-order chi connectivity index (χ1) is 16.4. The summed E-state index contributed by atoms with van der Waals surface area (Å²) in [6.45, 7) is 3.56. The summed E-state index contributed by atoms with van der Waals surface area (Å²) in [5.41, 5.74) is 0. The Bertz CT molecular complexity index is 667. The van der Waals surface area contributed by atoms with E-state index in [-0.39, 0.29) is 18.6 Å². The Morgan fingerprint density at radius 2 is 1.60 bits per heavy atom. The standard InChI is InChI=1S/C26H52N2O6S/c1-4-5-6-13-17-24(29)18-14-11-9-7-8-10-12-15-19-26(31)27-20-16-21-28(2,3)22-25(30)23-35(32,33)34/h11,14,24-25,29-30H,4-10,12-13,15-23H2,1-3H3,(H-,27,31,32,33,34)/b14-11-/t24-,25?/m1/s1. The molecule has 0 aromatic carbocycles. The van der Waals surface area contributed by atoms with Gasteiger partial charge in [0.05, 0.1) is 42.6 Å². The Balaban J connectivity index is 3.64. The molecule has 1 amide bonds. The van der Waals surface area contributed by atoms with Crippen LogP contribution in [0.1, 0.15) is 96.8 Å². The number of nitrogens with zero attached hydrogens (tertiary/aromatic N) is 1. The van der Waals surface area contributed by atoms with Gasteiger partial charge >= 0.3 is 0 Å². The number of amides is 1. The molecule has 0 heterocycles. The van der Waals surface area contributed by atoms with Crippen molar-refractivity contribution in [3.8, 4) is 0 Å². The number of allylic oxidation sites excluding steroid dienone is 1. The molecular formula is C26H52N2O6S. The summed E-state index contributed by atoms with van der Waals surface area (Å²) in [6.07, 6.45) is 16.9. The number of hydrogen-bond acceptors (Lipinski definition) is 6. The normalized spacial score (nSPS) is 14.3. The molecule has 2 atom stereocenters. The van der Waals surface area contributed by atoms with E-state index in [1.807, 2.05) is 14.1 Å². The van der Waals surface area contributed by atoms with Crippen molar-refractivity contribution in [2.24, 2.45) is 0 Å². The van der Waals surface area contributed by atoms with Crippen LogP contribution in [-0.2, 0) is 14.9 Å². The molecule has 1 unspecified atom stereocenters. The fraction of sp³-hybridized carbons (Fsp3) is 0.885. The van der Waals surface area contributed by atoms with E-state index >= 15 is 0 Å². The van der Waals surface area contributed by atoms with E-state index in [0.29, 0.717) is 30.4 Å². The van der Waals surface area contributed by atoms with E-state index in [0.717, 1.165) is 57.8 Å². The van der Waals surface area contributed by atoms with Gasteiger partial charge in [-0.05, 0) is 32.1 Å². The molecule has 208 valence electrons. The number of likely N-dealkylation sites (N-methyl/N-ethyl adjacent to an activating group) is 1. The van der Waals surface area contributed by atoms with Crippen LogP contribution < -0.4 is 5.32 Å². The summed E-state index contributed by atoms with van der Waals surface area (Å²) in [4.78, 5) is 12.0. The van der Waals surface area contributed by atoms with E-state index in [2.05, 4.69) is 24.4 Å². The van der Waals surface area contributed by atoms with Gasteiger partial charge in [0.2, 0.25) is 5.91 Å². The largest absolute Gasteiger partial charge is 0.748 e. The van der Waals surface area contributed by atoms with Gasteiger partial charge in [0.25, 0.3) is 0 Å². The fourth-order valence-corrected chi connectivity index (χ4v) is 4.72. The maximum absolute atomic E-state index is 12.0. The first-order valence-corrected chi connectivity index (χ1v) is 15.1. The van der Waals surface area contributed by atoms with Gasteiger partial charge in [-0.2, -0.15) is 0 Å². The van der Waals surface area contributed by atoms with Gasteiger partial charge in [-0.15, -0.1) is 0 Å². The second-order valence-electron chi connectivity index (χ2n) is 10.4. The summed E-state index contributed by atoms with van der Waals surface area (Å²) in [6, 6.07) is 0. The third-order valence-electron chi connectivity index (χ3n) is 6.10. The zero-order chi connectivity index (χ0) is 26.6. The number of unbranched alkanes of at least 4 members (excludes halogenated alkanes) is 8. The van der Waals surface area contributed by atoms with Gasteiger partial charge < -0.3 is 24.6 Å². The molecule has 0 fully saturated rings. The number of aliphatic hydroxyl groups excluding tert-OH is 2. The SMILES string of the molecule is CCCCCC[C@@H](O)C/C=C\CCCCCCCC(=O)NCCC[N+](C)(C)CC(O)CS(=O)(=O)[O-]. The second kappa shape index (κ2) is 20.1. The molecule has 3 N–H and O–H groups in total. The minimum absolute atomic E-state index is 0.0453. The van der Waals surface area contributed by atoms with Crippen LogP contribution >= 0.6 is 0 Å².